The molecule has 1 aromatic heterocycles. The number of hydrogen-bond donors (Lipinski definition) is 1. The second-order valence-corrected chi connectivity index (χ2v) is 5.97. The van der Waals surface area contributed by atoms with Crippen molar-refractivity contribution in [1.82, 2.24) is 10.3 Å². The second-order valence-electron chi connectivity index (χ2n) is 5.57. The highest BCUT2D eigenvalue weighted by molar-refractivity contribution is 6.32. The molecule has 2 aromatic rings. The van der Waals surface area contributed by atoms with Crippen molar-refractivity contribution < 1.29 is 4.74 Å². The zero-order valence-corrected chi connectivity index (χ0v) is 13.4. The van der Waals surface area contributed by atoms with E-state index in [2.05, 4.69) is 24.1 Å². The van der Waals surface area contributed by atoms with Gasteiger partial charge in [-0.05, 0) is 42.6 Å². The summed E-state index contributed by atoms with van der Waals surface area (Å²) in [6, 6.07) is 9.56. The highest BCUT2D eigenvalue weighted by atomic mass is 35.5. The molecule has 0 saturated heterocycles. The van der Waals surface area contributed by atoms with Crippen molar-refractivity contribution >= 4 is 11.6 Å². The molecule has 1 N–H and O–H groups in total. The molecule has 2 rings (SSSR count). The van der Waals surface area contributed by atoms with Crippen molar-refractivity contribution in [2.75, 3.05) is 6.54 Å². The summed E-state index contributed by atoms with van der Waals surface area (Å²) >= 11 is 6.11. The Balaban J connectivity index is 1.97. The minimum Gasteiger partial charge on any atom is -0.437 e. The first-order valence-corrected chi connectivity index (χ1v) is 7.52. The Morgan fingerprint density at radius 3 is 2.71 bits per heavy atom. The first kappa shape index (κ1) is 15.8. The quantitative estimate of drug-likeness (QED) is 0.848. The van der Waals surface area contributed by atoms with Gasteiger partial charge in [-0.25, -0.2) is 4.98 Å². The van der Waals surface area contributed by atoms with Crippen LogP contribution < -0.4 is 10.1 Å². The molecule has 3 nitrogen and oxygen atoms in total. The summed E-state index contributed by atoms with van der Waals surface area (Å²) in [5.74, 6) is 1.83. The smallest absolute Gasteiger partial charge is 0.219 e. The van der Waals surface area contributed by atoms with E-state index < -0.39 is 0 Å². The lowest BCUT2D eigenvalue weighted by molar-refractivity contribution is 0.462. The van der Waals surface area contributed by atoms with Crippen LogP contribution in [0.3, 0.4) is 0 Å². The zero-order valence-electron chi connectivity index (χ0n) is 12.7. The third kappa shape index (κ3) is 5.03. The number of benzene rings is 1. The van der Waals surface area contributed by atoms with Gasteiger partial charge in [-0.2, -0.15) is 0 Å². The van der Waals surface area contributed by atoms with Crippen LogP contribution in [0, 0.1) is 12.8 Å². The van der Waals surface area contributed by atoms with Crippen LogP contribution in [-0.4, -0.2) is 11.5 Å². The number of aromatic nitrogens is 1. The maximum Gasteiger partial charge on any atom is 0.219 e. The standard InChI is InChI=1S/C17H21ClN2O/c1-12(2)9-19-10-14-5-7-17(20-11-14)21-16-8-13(3)4-6-15(16)18/h4-8,11-12,19H,9-10H2,1-3H3. The molecule has 0 fully saturated rings. The third-order valence-corrected chi connectivity index (χ3v) is 3.29. The molecule has 0 aliphatic heterocycles. The lowest BCUT2D eigenvalue weighted by Gasteiger charge is -2.09. The molecule has 0 spiro atoms. The van der Waals surface area contributed by atoms with E-state index in [0.717, 1.165) is 24.2 Å². The monoisotopic (exact) mass is 304 g/mol. The second kappa shape index (κ2) is 7.43. The molecule has 0 saturated carbocycles. The summed E-state index contributed by atoms with van der Waals surface area (Å²) in [7, 11) is 0. The number of ether oxygens (including phenoxy) is 1. The molecular weight excluding hydrogens is 284 g/mol. The maximum absolute atomic E-state index is 6.11. The molecule has 0 aliphatic carbocycles. The van der Waals surface area contributed by atoms with E-state index >= 15 is 0 Å². The lowest BCUT2D eigenvalue weighted by atomic mass is 10.2. The number of hydrogen-bond acceptors (Lipinski definition) is 3. The van der Waals surface area contributed by atoms with Crippen LogP contribution in [-0.2, 0) is 6.54 Å². The first-order valence-electron chi connectivity index (χ1n) is 7.14. The molecule has 4 heteroatoms. The fraction of sp³-hybridized carbons (Fsp3) is 0.353. The van der Waals surface area contributed by atoms with Gasteiger partial charge < -0.3 is 10.1 Å². The topological polar surface area (TPSA) is 34.1 Å². The third-order valence-electron chi connectivity index (χ3n) is 2.98. The van der Waals surface area contributed by atoms with Crippen molar-refractivity contribution in [2.45, 2.75) is 27.3 Å². The molecule has 0 unspecified atom stereocenters. The van der Waals surface area contributed by atoms with Crippen LogP contribution in [0.1, 0.15) is 25.0 Å². The Kier molecular flexibility index (Phi) is 5.59. The average Bonchev–Trinajstić information content (AvgIpc) is 2.44. The summed E-state index contributed by atoms with van der Waals surface area (Å²) in [4.78, 5) is 4.32. The lowest BCUT2D eigenvalue weighted by Crippen LogP contribution is -2.18. The van der Waals surface area contributed by atoms with Gasteiger partial charge in [-0.15, -0.1) is 0 Å². The maximum atomic E-state index is 6.11. The van der Waals surface area contributed by atoms with E-state index in [4.69, 9.17) is 16.3 Å². The summed E-state index contributed by atoms with van der Waals surface area (Å²) in [6.07, 6.45) is 1.83. The molecule has 0 bridgehead atoms. The number of nitrogens with zero attached hydrogens (tertiary/aromatic N) is 1. The average molecular weight is 305 g/mol. The van der Waals surface area contributed by atoms with E-state index in [1.807, 2.05) is 43.5 Å². The highest BCUT2D eigenvalue weighted by Crippen LogP contribution is 2.29. The number of pyridine rings is 1. The normalized spacial score (nSPS) is 10.9. The van der Waals surface area contributed by atoms with Gasteiger partial charge in [0.1, 0.15) is 5.75 Å². The molecule has 0 atom stereocenters. The van der Waals surface area contributed by atoms with Crippen LogP contribution in [0.25, 0.3) is 0 Å². The van der Waals surface area contributed by atoms with E-state index in [1.165, 1.54) is 0 Å². The van der Waals surface area contributed by atoms with Gasteiger partial charge in [0.15, 0.2) is 0 Å². The summed E-state index contributed by atoms with van der Waals surface area (Å²) < 4.78 is 5.72. The Bertz CT molecular complexity index is 582. The molecule has 1 aromatic carbocycles. The Morgan fingerprint density at radius 2 is 2.05 bits per heavy atom. The predicted octanol–water partition coefficient (Wildman–Crippen LogP) is 4.58. The van der Waals surface area contributed by atoms with Crippen molar-refractivity contribution in [3.8, 4) is 11.6 Å². The van der Waals surface area contributed by atoms with E-state index in [1.54, 1.807) is 0 Å². The van der Waals surface area contributed by atoms with Crippen LogP contribution >= 0.6 is 11.6 Å². The van der Waals surface area contributed by atoms with E-state index in [0.29, 0.717) is 22.6 Å². The number of aryl methyl sites for hydroxylation is 1. The highest BCUT2D eigenvalue weighted by Gasteiger charge is 2.04. The minimum atomic E-state index is 0.551. The van der Waals surface area contributed by atoms with Gasteiger partial charge in [0, 0.05) is 18.8 Å². The molecule has 112 valence electrons. The largest absolute Gasteiger partial charge is 0.437 e. The molecule has 0 radical (unpaired) electrons. The van der Waals surface area contributed by atoms with Crippen molar-refractivity contribution in [3.05, 3.63) is 52.7 Å². The molecule has 21 heavy (non-hydrogen) atoms. The van der Waals surface area contributed by atoms with Crippen LogP contribution in [0.5, 0.6) is 11.6 Å². The van der Waals surface area contributed by atoms with Gasteiger partial charge in [0.25, 0.3) is 0 Å². The van der Waals surface area contributed by atoms with Crippen molar-refractivity contribution in [2.24, 2.45) is 5.92 Å². The number of nitrogens with one attached hydrogen (secondary N) is 1. The van der Waals surface area contributed by atoms with Crippen LogP contribution in [0.2, 0.25) is 5.02 Å². The van der Waals surface area contributed by atoms with Gasteiger partial charge in [0.05, 0.1) is 5.02 Å². The molecule has 0 aliphatic rings. The van der Waals surface area contributed by atoms with Gasteiger partial charge in [0.2, 0.25) is 5.88 Å². The summed E-state index contributed by atoms with van der Waals surface area (Å²) in [5, 5.41) is 3.97. The predicted molar refractivity (Wildman–Crippen MR) is 87.0 cm³/mol. The first-order chi connectivity index (χ1) is 10.0. The van der Waals surface area contributed by atoms with Crippen LogP contribution in [0.4, 0.5) is 0 Å². The van der Waals surface area contributed by atoms with Crippen molar-refractivity contribution in [3.63, 3.8) is 0 Å². The summed E-state index contributed by atoms with van der Waals surface area (Å²) in [5.41, 5.74) is 2.24. The van der Waals surface area contributed by atoms with E-state index in [9.17, 15) is 0 Å². The Hall–Kier alpha value is -1.58. The van der Waals surface area contributed by atoms with Gasteiger partial charge >= 0.3 is 0 Å². The van der Waals surface area contributed by atoms with Crippen molar-refractivity contribution in [1.29, 1.82) is 0 Å². The molecular formula is C17H21ClN2O. The van der Waals surface area contributed by atoms with Gasteiger partial charge in [-0.3, -0.25) is 0 Å². The summed E-state index contributed by atoms with van der Waals surface area (Å²) in [6.45, 7) is 8.19. The molecule has 0 amide bonds. The fourth-order valence-electron chi connectivity index (χ4n) is 1.88. The van der Waals surface area contributed by atoms with E-state index in [-0.39, 0.29) is 0 Å². The number of rotatable bonds is 6. The zero-order chi connectivity index (χ0) is 15.2. The number of halogens is 1. The minimum absolute atomic E-state index is 0.551. The molecule has 1 heterocycles. The van der Waals surface area contributed by atoms with Gasteiger partial charge in [-0.1, -0.05) is 37.6 Å². The van der Waals surface area contributed by atoms with Crippen LogP contribution in [0.15, 0.2) is 36.5 Å². The fourth-order valence-corrected chi connectivity index (χ4v) is 2.04. The SMILES string of the molecule is Cc1ccc(Cl)c(Oc2ccc(CNCC(C)C)cn2)c1. The Labute approximate surface area is 131 Å². The Morgan fingerprint density at radius 1 is 1.24 bits per heavy atom.